The van der Waals surface area contributed by atoms with E-state index < -0.39 is 0 Å². The molecule has 1 N–H and O–H groups in total. The number of benzene rings is 4. The van der Waals surface area contributed by atoms with Gasteiger partial charge in [0.05, 0.1) is 5.39 Å². The lowest BCUT2D eigenvalue weighted by molar-refractivity contribution is 0.102. The van der Waals surface area contributed by atoms with E-state index in [9.17, 15) is 4.79 Å². The summed E-state index contributed by atoms with van der Waals surface area (Å²) in [5, 5.41) is 8.48. The Balaban J connectivity index is 1.33. The van der Waals surface area contributed by atoms with Crippen molar-refractivity contribution >= 4 is 34.1 Å². The zero-order valence-electron chi connectivity index (χ0n) is 17.7. The third-order valence-electron chi connectivity index (χ3n) is 5.21. The van der Waals surface area contributed by atoms with Crippen LogP contribution in [0, 0.1) is 6.92 Å². The fraction of sp³-hybridized carbons (Fsp3) is 0.0370. The molecular formula is C27H19ClN2O3. The van der Waals surface area contributed by atoms with Crippen molar-refractivity contribution in [1.29, 1.82) is 0 Å². The maximum absolute atomic E-state index is 12.9. The van der Waals surface area contributed by atoms with Gasteiger partial charge >= 0.3 is 0 Å². The van der Waals surface area contributed by atoms with Gasteiger partial charge in [-0.25, -0.2) is 0 Å². The van der Waals surface area contributed by atoms with Crippen molar-refractivity contribution in [1.82, 2.24) is 5.16 Å². The van der Waals surface area contributed by atoms with Crippen molar-refractivity contribution in [2.45, 2.75) is 6.92 Å². The molecule has 1 aromatic heterocycles. The predicted molar refractivity (Wildman–Crippen MR) is 130 cm³/mol. The lowest BCUT2D eigenvalue weighted by atomic mass is 10.0. The van der Waals surface area contributed by atoms with E-state index in [1.165, 1.54) is 0 Å². The van der Waals surface area contributed by atoms with Crippen molar-refractivity contribution in [2.24, 2.45) is 0 Å². The molecule has 4 aromatic carbocycles. The van der Waals surface area contributed by atoms with Gasteiger partial charge < -0.3 is 14.6 Å². The van der Waals surface area contributed by atoms with E-state index in [-0.39, 0.29) is 5.91 Å². The minimum atomic E-state index is -0.223. The highest BCUT2D eigenvalue weighted by Crippen LogP contribution is 2.30. The Morgan fingerprint density at radius 2 is 1.55 bits per heavy atom. The van der Waals surface area contributed by atoms with E-state index in [4.69, 9.17) is 20.9 Å². The Hall–Kier alpha value is -4.09. The maximum Gasteiger partial charge on any atom is 0.255 e. The lowest BCUT2D eigenvalue weighted by Gasteiger charge is -2.08. The number of nitrogens with zero attached hydrogens (tertiary/aromatic N) is 1. The van der Waals surface area contributed by atoms with Crippen LogP contribution in [0.5, 0.6) is 11.5 Å². The van der Waals surface area contributed by atoms with E-state index in [2.05, 4.69) is 10.5 Å². The van der Waals surface area contributed by atoms with Gasteiger partial charge in [-0.3, -0.25) is 4.79 Å². The minimum Gasteiger partial charge on any atom is -0.457 e. The van der Waals surface area contributed by atoms with Gasteiger partial charge in [0.1, 0.15) is 17.0 Å². The SMILES string of the molecule is Cc1ccc(-c2onc3ccc(C(=O)Nc4ccc(Oc5ccc(Cl)cc5)cc4)cc23)cc1. The fourth-order valence-electron chi connectivity index (χ4n) is 3.44. The summed E-state index contributed by atoms with van der Waals surface area (Å²) < 4.78 is 11.4. The van der Waals surface area contributed by atoms with Gasteiger partial charge in [0, 0.05) is 21.8 Å². The number of aromatic nitrogens is 1. The number of ether oxygens (including phenoxy) is 1. The van der Waals surface area contributed by atoms with Gasteiger partial charge in [-0.05, 0) is 73.7 Å². The molecule has 0 radical (unpaired) electrons. The third-order valence-corrected chi connectivity index (χ3v) is 5.47. The summed E-state index contributed by atoms with van der Waals surface area (Å²) in [6.07, 6.45) is 0. The average molecular weight is 455 g/mol. The van der Waals surface area contributed by atoms with Crippen molar-refractivity contribution in [2.75, 3.05) is 5.32 Å². The summed E-state index contributed by atoms with van der Waals surface area (Å²) in [6, 6.07) is 27.6. The summed E-state index contributed by atoms with van der Waals surface area (Å²) in [7, 11) is 0. The largest absolute Gasteiger partial charge is 0.457 e. The number of amides is 1. The highest BCUT2D eigenvalue weighted by molar-refractivity contribution is 6.30. The van der Waals surface area contributed by atoms with Crippen LogP contribution in [0.25, 0.3) is 22.2 Å². The van der Waals surface area contributed by atoms with Crippen LogP contribution in [0.2, 0.25) is 5.02 Å². The third kappa shape index (κ3) is 4.59. The number of rotatable bonds is 5. The maximum atomic E-state index is 12.9. The molecule has 0 saturated heterocycles. The van der Waals surface area contributed by atoms with E-state index >= 15 is 0 Å². The van der Waals surface area contributed by atoms with Gasteiger partial charge in [0.25, 0.3) is 5.91 Å². The standard InChI is InChI=1S/C27H19ClN2O3/c1-17-2-4-18(5-3-17)26-24-16-19(6-15-25(24)30-33-26)27(31)29-21-9-13-23(14-10-21)32-22-11-7-20(28)8-12-22/h2-16H,1H3,(H,29,31). The second kappa shape index (κ2) is 8.81. The summed E-state index contributed by atoms with van der Waals surface area (Å²) in [5.41, 5.74) is 3.95. The Labute approximate surface area is 195 Å². The molecule has 0 saturated carbocycles. The normalized spacial score (nSPS) is 10.8. The predicted octanol–water partition coefficient (Wildman–Crippen LogP) is 7.50. The average Bonchev–Trinajstić information content (AvgIpc) is 3.25. The first-order chi connectivity index (χ1) is 16.0. The zero-order valence-corrected chi connectivity index (χ0v) is 18.5. The number of nitrogens with one attached hydrogen (secondary N) is 1. The number of aryl methyl sites for hydroxylation is 1. The van der Waals surface area contributed by atoms with E-state index in [0.29, 0.717) is 39.0 Å². The molecule has 0 aliphatic carbocycles. The van der Waals surface area contributed by atoms with Gasteiger partial charge in [0.2, 0.25) is 0 Å². The quantitative estimate of drug-likeness (QED) is 0.298. The molecule has 1 amide bonds. The molecule has 6 heteroatoms. The molecule has 162 valence electrons. The molecule has 1 heterocycles. The Morgan fingerprint density at radius 1 is 0.879 bits per heavy atom. The highest BCUT2D eigenvalue weighted by atomic mass is 35.5. The Kier molecular flexibility index (Phi) is 5.55. The van der Waals surface area contributed by atoms with Gasteiger partial charge in [-0.2, -0.15) is 0 Å². The van der Waals surface area contributed by atoms with E-state index in [1.807, 2.05) is 31.2 Å². The first-order valence-corrected chi connectivity index (χ1v) is 10.7. The number of carbonyl (C=O) groups excluding carboxylic acids is 1. The number of halogens is 1. The topological polar surface area (TPSA) is 64.4 Å². The molecule has 0 spiro atoms. The number of carbonyl (C=O) groups is 1. The van der Waals surface area contributed by atoms with Crippen LogP contribution in [0.1, 0.15) is 15.9 Å². The van der Waals surface area contributed by atoms with Crippen molar-refractivity contribution in [3.05, 3.63) is 107 Å². The summed E-state index contributed by atoms with van der Waals surface area (Å²) in [6.45, 7) is 2.03. The first-order valence-electron chi connectivity index (χ1n) is 10.4. The fourth-order valence-corrected chi connectivity index (χ4v) is 3.57. The first kappa shape index (κ1) is 20.8. The van der Waals surface area contributed by atoms with Crippen molar-refractivity contribution in [3.8, 4) is 22.8 Å². The molecule has 0 bridgehead atoms. The van der Waals surface area contributed by atoms with Gasteiger partial charge in [-0.15, -0.1) is 0 Å². The number of hydrogen-bond acceptors (Lipinski definition) is 4. The van der Waals surface area contributed by atoms with Gasteiger partial charge in [-0.1, -0.05) is 46.6 Å². The van der Waals surface area contributed by atoms with Crippen LogP contribution < -0.4 is 10.1 Å². The van der Waals surface area contributed by atoms with E-state index in [0.717, 1.165) is 16.5 Å². The summed E-state index contributed by atoms with van der Waals surface area (Å²) >= 11 is 5.90. The van der Waals surface area contributed by atoms with Crippen LogP contribution in [-0.2, 0) is 0 Å². The molecule has 5 rings (SSSR count). The second-order valence-corrected chi connectivity index (χ2v) is 8.08. The van der Waals surface area contributed by atoms with Crippen LogP contribution in [0.4, 0.5) is 5.69 Å². The number of hydrogen-bond donors (Lipinski definition) is 1. The van der Waals surface area contributed by atoms with Crippen LogP contribution >= 0.6 is 11.6 Å². The molecule has 0 fully saturated rings. The molecule has 0 aliphatic rings. The van der Waals surface area contributed by atoms with Gasteiger partial charge in [0.15, 0.2) is 5.76 Å². The Bertz CT molecular complexity index is 1420. The summed E-state index contributed by atoms with van der Waals surface area (Å²) in [4.78, 5) is 12.9. The Morgan fingerprint density at radius 3 is 2.24 bits per heavy atom. The number of fused-ring (bicyclic) bond motifs is 1. The lowest BCUT2D eigenvalue weighted by Crippen LogP contribution is -2.11. The van der Waals surface area contributed by atoms with Crippen LogP contribution in [-0.4, -0.2) is 11.1 Å². The monoisotopic (exact) mass is 454 g/mol. The summed E-state index contributed by atoms with van der Waals surface area (Å²) in [5.74, 6) is 1.76. The van der Waals surface area contributed by atoms with Crippen LogP contribution in [0.3, 0.4) is 0 Å². The van der Waals surface area contributed by atoms with Crippen molar-refractivity contribution < 1.29 is 14.1 Å². The molecule has 5 nitrogen and oxygen atoms in total. The molecular weight excluding hydrogens is 436 g/mol. The minimum absolute atomic E-state index is 0.223. The molecule has 0 aliphatic heterocycles. The second-order valence-electron chi connectivity index (χ2n) is 7.64. The molecule has 0 unspecified atom stereocenters. The smallest absolute Gasteiger partial charge is 0.255 e. The molecule has 0 atom stereocenters. The highest BCUT2D eigenvalue weighted by Gasteiger charge is 2.14. The van der Waals surface area contributed by atoms with E-state index in [1.54, 1.807) is 66.7 Å². The van der Waals surface area contributed by atoms with Crippen molar-refractivity contribution in [3.63, 3.8) is 0 Å². The molecule has 33 heavy (non-hydrogen) atoms. The zero-order chi connectivity index (χ0) is 22.8. The molecule has 5 aromatic rings. The van der Waals surface area contributed by atoms with Crippen LogP contribution in [0.15, 0.2) is 95.5 Å². The number of anilines is 1.